The number of thioether (sulfide) groups is 1. The number of carbonyl (C=O) groups is 5. The van der Waals surface area contributed by atoms with Gasteiger partial charge in [0.2, 0.25) is 11.8 Å². The van der Waals surface area contributed by atoms with Gasteiger partial charge >= 0.3 is 17.8 Å². The molecule has 0 saturated carbocycles. The van der Waals surface area contributed by atoms with Crippen LogP contribution in [0.4, 0.5) is 16.2 Å². The molecule has 0 radical (unpaired) electrons. The Labute approximate surface area is 273 Å². The Balaban J connectivity index is 1.08. The number of thiocarbonyl (C=S) groups is 1. The van der Waals surface area contributed by atoms with E-state index in [1.807, 2.05) is 11.8 Å². The summed E-state index contributed by atoms with van der Waals surface area (Å²) < 4.78 is 0. The van der Waals surface area contributed by atoms with Gasteiger partial charge in [-0.2, -0.15) is 11.8 Å². The Hall–Kier alpha value is -3.63. The van der Waals surface area contributed by atoms with Crippen molar-refractivity contribution in [2.45, 2.75) is 43.0 Å². The van der Waals surface area contributed by atoms with Crippen LogP contribution < -0.4 is 31.9 Å². The minimum atomic E-state index is -0.554. The van der Waals surface area contributed by atoms with Crippen molar-refractivity contribution >= 4 is 70.1 Å². The first-order chi connectivity index (χ1) is 21.6. The average molecular weight is 674 g/mol. The molecule has 0 spiro atoms. The number of hydrogen-bond donors (Lipinski definition) is 6. The summed E-state index contributed by atoms with van der Waals surface area (Å²) in [6, 6.07) is 7.46. The van der Waals surface area contributed by atoms with Gasteiger partial charge in [-0.15, -0.1) is 0 Å². The molecule has 246 valence electrons. The maximum absolute atomic E-state index is 12.7. The highest BCUT2D eigenvalue weighted by Crippen LogP contribution is 2.33. The standard InChI is InChI=1S/C29H43N9O5S2/c1-30-11-12-36(2)26(41)27(42)38-15-13-37(14-16-38)24(40)17-31-29(44)33-20-9-7-19(8-10-20)32-23(39)6-4-3-5-22-25-21(18-45-22)34-28(43)35-25/h7-10,21-22,25,30H,3-6,11-18H2,1-2H3,(H,32,39)(H2,31,33,44)(H2,34,35,43)/t21-,22-,25-/m0/s1/i1+1,2+1,11+1,12+1,13+1,14+1,15+1,16+1,30+1,36+1,37+1,38+1. The van der Waals surface area contributed by atoms with E-state index in [-0.39, 0.29) is 41.6 Å². The van der Waals surface area contributed by atoms with Crippen molar-refractivity contribution < 1.29 is 24.0 Å². The van der Waals surface area contributed by atoms with Crippen LogP contribution in [0.5, 0.6) is 0 Å². The van der Waals surface area contributed by atoms with Gasteiger partial charge in [0.1, 0.15) is 0 Å². The van der Waals surface area contributed by atoms with E-state index in [4.69, 9.17) is 12.2 Å². The molecule has 4 rings (SSSR count). The third-order valence-corrected chi connectivity index (χ3v) is 9.81. The highest BCUT2D eigenvalue weighted by Gasteiger charge is 2.42. The summed E-state index contributed by atoms with van der Waals surface area (Å²) in [5.74, 6) is -0.381. The number of piperazine rings is 1. The lowest BCUT2D eigenvalue weighted by Gasteiger charge is -2.35. The molecule has 3 fully saturated rings. The molecule has 45 heavy (non-hydrogen) atoms. The van der Waals surface area contributed by atoms with Crippen LogP contribution in [0.2, 0.25) is 0 Å². The van der Waals surface area contributed by atoms with E-state index in [1.165, 1.54) is 9.80 Å². The van der Waals surface area contributed by atoms with Crippen molar-refractivity contribution in [1.82, 2.24) is 36.0 Å². The van der Waals surface area contributed by atoms with Gasteiger partial charge < -0.3 is 46.6 Å². The Kier molecular flexibility index (Phi) is 12.6. The smallest absolute Gasteiger partial charge is 0.315 e. The Bertz CT molecular complexity index is 1240. The van der Waals surface area contributed by atoms with Gasteiger partial charge in [-0.25, -0.2) is 4.79 Å². The fraction of sp³-hybridized carbons (Fsp3) is 0.586. The summed E-state index contributed by atoms with van der Waals surface area (Å²) in [5, 5.41) is 18.4. The van der Waals surface area contributed by atoms with Gasteiger partial charge in [-0.05, 0) is 56.4 Å². The molecule has 6 N–H and O–H groups in total. The molecule has 3 atom stereocenters. The van der Waals surface area contributed by atoms with E-state index in [1.54, 1.807) is 43.3 Å². The molecule has 1 aromatic rings. The Morgan fingerprint density at radius 3 is 2.36 bits per heavy atom. The van der Waals surface area contributed by atoms with Crippen LogP contribution in [0.25, 0.3) is 0 Å². The number of anilines is 2. The van der Waals surface area contributed by atoms with Gasteiger partial charge in [0, 0.05) is 75.1 Å². The van der Waals surface area contributed by atoms with E-state index in [0.717, 1.165) is 25.0 Å². The zero-order valence-corrected chi connectivity index (χ0v) is 27.4. The molecule has 0 bridgehead atoms. The van der Waals surface area contributed by atoms with Gasteiger partial charge in [0.25, 0.3) is 0 Å². The molecule has 0 aliphatic carbocycles. The number of carbonyl (C=O) groups excluding carboxylic acids is 5. The highest BCUT2D eigenvalue weighted by molar-refractivity contribution is 8.00. The third-order valence-electron chi connectivity index (χ3n) is 8.05. The number of hydrogen-bond acceptors (Lipinski definition) is 8. The van der Waals surface area contributed by atoms with E-state index < -0.39 is 11.8 Å². The zero-order valence-electron chi connectivity index (χ0n) is 25.7. The molecule has 3 heterocycles. The monoisotopic (exact) mass is 673 g/mol. The van der Waals surface area contributed by atoms with Crippen molar-refractivity contribution in [3.8, 4) is 0 Å². The van der Waals surface area contributed by atoms with E-state index >= 15 is 0 Å². The van der Waals surface area contributed by atoms with Crippen LogP contribution >= 0.6 is 24.0 Å². The highest BCUT2D eigenvalue weighted by atomic mass is 32.2. The van der Waals surface area contributed by atoms with Gasteiger partial charge in [-0.3, -0.25) is 19.2 Å². The van der Waals surface area contributed by atoms with Crippen LogP contribution in [-0.2, 0) is 19.2 Å². The number of unbranched alkanes of at least 4 members (excludes halogenated alkanes) is 1. The fourth-order valence-corrected chi connectivity index (χ4v) is 7.15. The van der Waals surface area contributed by atoms with Gasteiger partial charge in [-0.1, -0.05) is 6.42 Å². The van der Waals surface area contributed by atoms with Crippen molar-refractivity contribution in [2.24, 2.45) is 0 Å². The van der Waals surface area contributed by atoms with Gasteiger partial charge in [0.05, 0.1) is 18.6 Å². The quantitative estimate of drug-likeness (QED) is 0.0444. The predicted octanol–water partition coefficient (Wildman–Crippen LogP) is -0.0141. The normalized spacial score (nSPS) is 20.5. The van der Waals surface area contributed by atoms with Crippen molar-refractivity contribution in [3.63, 3.8) is 0 Å². The summed E-state index contributed by atoms with van der Waals surface area (Å²) in [6.45, 7) is 2.28. The number of rotatable bonds is 12. The largest absolute Gasteiger partial charge is 0.353 e. The van der Waals surface area contributed by atoms with Crippen LogP contribution in [0.3, 0.4) is 0 Å². The second-order valence-electron chi connectivity index (χ2n) is 11.3. The Morgan fingerprint density at radius 2 is 1.67 bits per heavy atom. The first-order valence-corrected chi connectivity index (χ1v) is 16.7. The first-order valence-electron chi connectivity index (χ1n) is 15.2. The minimum Gasteiger partial charge on any atom is -0.353 e. The number of benzene rings is 1. The Morgan fingerprint density at radius 1 is 1.00 bits per heavy atom. The number of likely N-dealkylation sites (N-methyl/N-ethyl adjacent to an activating group) is 2. The molecule has 0 aromatic heterocycles. The lowest BCUT2D eigenvalue weighted by atomic mass is 10.0. The SMILES string of the molecule is [13CH3][15NH][13CH2][13CH2][15N]([13CH3])C(=O)C(=O)[15N]1[13CH2][13CH2][15N](C(=O)CNC(=S)Nc2ccc(NC(=O)CCCC[C@@H]3SC[C@@H]4NC(=O)N[C@@H]43)cc2)[13CH2][13CH2]1. The zero-order chi connectivity index (χ0) is 32.3. The molecular formula is C29H43N9O5S2. The van der Waals surface area contributed by atoms with Crippen molar-refractivity contribution in [2.75, 3.05) is 76.3 Å². The maximum Gasteiger partial charge on any atom is 0.315 e. The van der Waals surface area contributed by atoms with Crippen LogP contribution in [0.1, 0.15) is 25.7 Å². The lowest BCUT2D eigenvalue weighted by molar-refractivity contribution is -0.152. The second kappa shape index (κ2) is 16.6. The van der Waals surface area contributed by atoms with Crippen molar-refractivity contribution in [1.29, 1.82) is 0 Å². The number of nitrogens with zero attached hydrogens (tertiary/aromatic N) is 3. The van der Waals surface area contributed by atoms with E-state index in [9.17, 15) is 24.0 Å². The first kappa shape index (κ1) is 34.2. The van der Waals surface area contributed by atoms with E-state index in [2.05, 4.69) is 31.9 Å². The molecule has 1 aromatic carbocycles. The summed E-state index contributed by atoms with van der Waals surface area (Å²) in [4.78, 5) is 66.0. The number of urea groups is 1. The fourth-order valence-electron chi connectivity index (χ4n) is 5.42. The molecule has 6 amide bonds. The maximum atomic E-state index is 12.7. The predicted molar refractivity (Wildman–Crippen MR) is 178 cm³/mol. The summed E-state index contributed by atoms with van der Waals surface area (Å²) in [6.07, 6.45) is 3.10. The van der Waals surface area contributed by atoms with Crippen LogP contribution in [-0.4, -0.2) is 132 Å². The van der Waals surface area contributed by atoms with Gasteiger partial charge in [0.15, 0.2) is 5.11 Å². The molecule has 16 heteroatoms. The van der Waals surface area contributed by atoms with Crippen LogP contribution in [0.15, 0.2) is 24.3 Å². The summed E-state index contributed by atoms with van der Waals surface area (Å²) in [5.41, 5.74) is 1.38. The minimum absolute atomic E-state index is 0.00813. The third kappa shape index (κ3) is 9.93. The van der Waals surface area contributed by atoms with Crippen molar-refractivity contribution in [3.05, 3.63) is 24.3 Å². The lowest BCUT2D eigenvalue weighted by Crippen LogP contribution is -2.55. The topological polar surface area (TPSA) is 167 Å². The summed E-state index contributed by atoms with van der Waals surface area (Å²) in [7, 11) is 3.37. The molecule has 3 aliphatic heterocycles. The van der Waals surface area contributed by atoms with Crippen LogP contribution in [0, 0.1) is 0 Å². The number of fused-ring (bicyclic) bond motifs is 1. The molecule has 0 unspecified atom stereocenters. The number of amides is 6. The van der Waals surface area contributed by atoms with E-state index in [0.29, 0.717) is 62.3 Å². The molecular weight excluding hydrogens is 630 g/mol. The molecule has 3 aliphatic rings. The summed E-state index contributed by atoms with van der Waals surface area (Å²) >= 11 is 7.21. The number of nitrogens with one attached hydrogen (secondary N) is 6. The molecule has 3 saturated heterocycles. The average Bonchev–Trinajstić information content (AvgIpc) is 3.60. The molecule has 14 nitrogen and oxygen atoms in total. The second-order valence-corrected chi connectivity index (χ2v) is 13.0.